The Morgan fingerprint density at radius 1 is 1.19 bits per heavy atom. The van der Waals surface area contributed by atoms with Crippen LogP contribution in [0.3, 0.4) is 0 Å². The summed E-state index contributed by atoms with van der Waals surface area (Å²) in [6, 6.07) is 9.76. The average Bonchev–Trinajstić information content (AvgIpc) is 2.47. The molecule has 0 atom stereocenters. The molecule has 4 heteroatoms. The zero-order valence-corrected chi connectivity index (χ0v) is 13.0. The largest absolute Gasteiger partial charge is 0.379 e. The molecule has 1 aromatic heterocycles. The highest BCUT2D eigenvalue weighted by Gasteiger charge is 2.09. The number of pyridine rings is 1. The summed E-state index contributed by atoms with van der Waals surface area (Å²) in [4.78, 5) is 18.0. The van der Waals surface area contributed by atoms with Gasteiger partial charge in [-0.2, -0.15) is 0 Å². The Hall–Kier alpha value is -2.36. The number of anilines is 1. The average molecular weight is 283 g/mol. The van der Waals surface area contributed by atoms with Crippen molar-refractivity contribution in [2.75, 3.05) is 19.4 Å². The quantitative estimate of drug-likeness (QED) is 0.938. The van der Waals surface area contributed by atoms with Crippen molar-refractivity contribution in [3.05, 3.63) is 58.9 Å². The van der Waals surface area contributed by atoms with Gasteiger partial charge in [0.25, 0.3) is 5.91 Å². The van der Waals surface area contributed by atoms with Gasteiger partial charge in [0.1, 0.15) is 0 Å². The lowest BCUT2D eigenvalue weighted by molar-refractivity contribution is 0.0827. The van der Waals surface area contributed by atoms with Crippen molar-refractivity contribution in [2.24, 2.45) is 0 Å². The molecule has 0 aliphatic rings. The van der Waals surface area contributed by atoms with Crippen LogP contribution in [0.5, 0.6) is 0 Å². The van der Waals surface area contributed by atoms with Crippen LogP contribution < -0.4 is 5.32 Å². The highest BCUT2D eigenvalue weighted by molar-refractivity contribution is 5.95. The molecule has 2 aromatic rings. The van der Waals surface area contributed by atoms with Crippen molar-refractivity contribution in [3.8, 4) is 0 Å². The van der Waals surface area contributed by atoms with Crippen molar-refractivity contribution in [2.45, 2.75) is 20.4 Å². The van der Waals surface area contributed by atoms with Crippen molar-refractivity contribution in [1.82, 2.24) is 9.88 Å². The highest BCUT2D eigenvalue weighted by atomic mass is 16.2. The first kappa shape index (κ1) is 15.0. The smallest absolute Gasteiger partial charge is 0.253 e. The minimum atomic E-state index is 0.00603. The topological polar surface area (TPSA) is 45.2 Å². The minimum Gasteiger partial charge on any atom is -0.379 e. The van der Waals surface area contributed by atoms with Crippen LogP contribution in [0, 0.1) is 13.8 Å². The third kappa shape index (κ3) is 3.81. The second kappa shape index (κ2) is 6.39. The fraction of sp³-hybridized carbons (Fsp3) is 0.294. The SMILES string of the molecule is Cc1ccc(CNc2cc(C(=O)N(C)C)ccc2C)nc1. The molecule has 0 saturated carbocycles. The molecule has 0 aliphatic carbocycles. The number of carbonyl (C=O) groups excluding carboxylic acids is 1. The van der Waals surface area contributed by atoms with Crippen molar-refractivity contribution >= 4 is 11.6 Å². The van der Waals surface area contributed by atoms with E-state index in [1.807, 2.05) is 50.4 Å². The van der Waals surface area contributed by atoms with Crippen LogP contribution in [-0.2, 0) is 6.54 Å². The Kier molecular flexibility index (Phi) is 4.58. The van der Waals surface area contributed by atoms with E-state index < -0.39 is 0 Å². The van der Waals surface area contributed by atoms with Crippen LogP contribution in [0.2, 0.25) is 0 Å². The lowest BCUT2D eigenvalue weighted by Gasteiger charge is -2.14. The number of amides is 1. The summed E-state index contributed by atoms with van der Waals surface area (Å²) < 4.78 is 0. The van der Waals surface area contributed by atoms with Crippen LogP contribution in [0.15, 0.2) is 36.5 Å². The summed E-state index contributed by atoms with van der Waals surface area (Å²) in [7, 11) is 3.51. The van der Waals surface area contributed by atoms with Gasteiger partial charge in [0.15, 0.2) is 0 Å². The molecule has 0 fully saturated rings. The number of rotatable bonds is 4. The minimum absolute atomic E-state index is 0.00603. The molecular weight excluding hydrogens is 262 g/mol. The maximum atomic E-state index is 12.0. The number of hydrogen-bond donors (Lipinski definition) is 1. The van der Waals surface area contributed by atoms with E-state index in [0.29, 0.717) is 12.1 Å². The van der Waals surface area contributed by atoms with Crippen LogP contribution >= 0.6 is 0 Å². The van der Waals surface area contributed by atoms with E-state index in [4.69, 9.17) is 0 Å². The van der Waals surface area contributed by atoms with E-state index in [9.17, 15) is 4.79 Å². The number of carbonyl (C=O) groups is 1. The fourth-order valence-corrected chi connectivity index (χ4v) is 1.99. The third-order valence-electron chi connectivity index (χ3n) is 3.32. The Bertz CT molecular complexity index is 633. The van der Waals surface area contributed by atoms with Crippen LogP contribution in [0.25, 0.3) is 0 Å². The molecule has 0 bridgehead atoms. The molecule has 0 spiro atoms. The molecule has 0 saturated heterocycles. The van der Waals surface area contributed by atoms with Crippen LogP contribution in [-0.4, -0.2) is 29.9 Å². The van der Waals surface area contributed by atoms with Gasteiger partial charge in [-0.1, -0.05) is 12.1 Å². The second-order valence-electron chi connectivity index (χ2n) is 5.41. The highest BCUT2D eigenvalue weighted by Crippen LogP contribution is 2.18. The number of aryl methyl sites for hydroxylation is 2. The molecule has 0 unspecified atom stereocenters. The molecule has 0 radical (unpaired) electrons. The van der Waals surface area contributed by atoms with Gasteiger partial charge in [-0.05, 0) is 43.2 Å². The van der Waals surface area contributed by atoms with Gasteiger partial charge in [0.05, 0.1) is 12.2 Å². The van der Waals surface area contributed by atoms with Crippen molar-refractivity contribution < 1.29 is 4.79 Å². The Labute approximate surface area is 125 Å². The number of nitrogens with zero attached hydrogens (tertiary/aromatic N) is 2. The third-order valence-corrected chi connectivity index (χ3v) is 3.32. The summed E-state index contributed by atoms with van der Waals surface area (Å²) in [5.74, 6) is 0.00603. The van der Waals surface area contributed by atoms with Gasteiger partial charge in [-0.15, -0.1) is 0 Å². The van der Waals surface area contributed by atoms with Gasteiger partial charge < -0.3 is 10.2 Å². The van der Waals surface area contributed by atoms with E-state index in [2.05, 4.69) is 10.3 Å². The van der Waals surface area contributed by atoms with Gasteiger partial charge in [-0.3, -0.25) is 9.78 Å². The summed E-state index contributed by atoms with van der Waals surface area (Å²) in [6.07, 6.45) is 1.86. The molecule has 21 heavy (non-hydrogen) atoms. The molecule has 4 nitrogen and oxygen atoms in total. The zero-order chi connectivity index (χ0) is 15.4. The molecule has 1 amide bonds. The first-order valence-corrected chi connectivity index (χ1v) is 6.95. The Morgan fingerprint density at radius 3 is 2.57 bits per heavy atom. The molecule has 1 N–H and O–H groups in total. The first-order valence-electron chi connectivity index (χ1n) is 6.95. The molecule has 110 valence electrons. The maximum absolute atomic E-state index is 12.0. The van der Waals surface area contributed by atoms with E-state index in [1.54, 1.807) is 19.0 Å². The van der Waals surface area contributed by atoms with Gasteiger partial charge in [0.2, 0.25) is 0 Å². The lowest BCUT2D eigenvalue weighted by Crippen LogP contribution is -2.21. The fourth-order valence-electron chi connectivity index (χ4n) is 1.99. The summed E-state index contributed by atoms with van der Waals surface area (Å²) >= 11 is 0. The first-order chi connectivity index (χ1) is 9.97. The molecular formula is C17H21N3O. The van der Waals surface area contributed by atoms with Gasteiger partial charge >= 0.3 is 0 Å². The van der Waals surface area contributed by atoms with E-state index in [-0.39, 0.29) is 5.91 Å². The molecule has 0 aliphatic heterocycles. The zero-order valence-electron chi connectivity index (χ0n) is 13.0. The molecule has 2 rings (SSSR count). The predicted octanol–water partition coefficient (Wildman–Crippen LogP) is 3.01. The monoisotopic (exact) mass is 283 g/mol. The number of aromatic nitrogens is 1. The second-order valence-corrected chi connectivity index (χ2v) is 5.41. The van der Waals surface area contributed by atoms with Gasteiger partial charge in [0, 0.05) is 31.5 Å². The number of hydrogen-bond acceptors (Lipinski definition) is 3. The number of nitrogens with one attached hydrogen (secondary N) is 1. The predicted molar refractivity (Wildman–Crippen MR) is 85.5 cm³/mol. The Morgan fingerprint density at radius 2 is 1.95 bits per heavy atom. The van der Waals surface area contributed by atoms with E-state index in [0.717, 1.165) is 22.5 Å². The number of benzene rings is 1. The lowest BCUT2D eigenvalue weighted by atomic mass is 10.1. The van der Waals surface area contributed by atoms with Crippen LogP contribution in [0.1, 0.15) is 27.2 Å². The van der Waals surface area contributed by atoms with E-state index >= 15 is 0 Å². The van der Waals surface area contributed by atoms with Crippen molar-refractivity contribution in [1.29, 1.82) is 0 Å². The van der Waals surface area contributed by atoms with Gasteiger partial charge in [-0.25, -0.2) is 0 Å². The van der Waals surface area contributed by atoms with Crippen LogP contribution in [0.4, 0.5) is 5.69 Å². The van der Waals surface area contributed by atoms with E-state index in [1.165, 1.54) is 0 Å². The summed E-state index contributed by atoms with van der Waals surface area (Å²) in [5, 5.41) is 3.35. The normalized spacial score (nSPS) is 10.3. The maximum Gasteiger partial charge on any atom is 0.253 e. The Balaban J connectivity index is 2.14. The molecule has 1 heterocycles. The van der Waals surface area contributed by atoms with Crippen molar-refractivity contribution in [3.63, 3.8) is 0 Å². The molecule has 1 aromatic carbocycles. The standard InChI is InChI=1S/C17H21N3O/c1-12-5-8-15(18-10-12)11-19-16-9-14(7-6-13(16)2)17(21)20(3)4/h5-10,19H,11H2,1-4H3. The summed E-state index contributed by atoms with van der Waals surface area (Å²) in [5.41, 5.74) is 4.88. The summed E-state index contributed by atoms with van der Waals surface area (Å²) in [6.45, 7) is 4.68.